The van der Waals surface area contributed by atoms with E-state index >= 15 is 0 Å². The van der Waals surface area contributed by atoms with Crippen LogP contribution in [0.25, 0.3) is 10.4 Å². The van der Waals surface area contributed by atoms with E-state index in [1.165, 1.54) is 16.8 Å². The van der Waals surface area contributed by atoms with Crippen LogP contribution in [0.5, 0.6) is 0 Å². The van der Waals surface area contributed by atoms with Gasteiger partial charge in [-0.15, -0.1) is 11.3 Å². The number of nitrogens with two attached hydrogens (primary N) is 2. The highest BCUT2D eigenvalue weighted by atomic mass is 32.1. The number of thiophene rings is 1. The second-order valence-corrected chi connectivity index (χ2v) is 7.10. The molecule has 1 aromatic carbocycles. The molecule has 0 saturated carbocycles. The summed E-state index contributed by atoms with van der Waals surface area (Å²) in [5.41, 5.74) is 13.4. The molecule has 1 atom stereocenters. The average Bonchev–Trinajstić information content (AvgIpc) is 2.97. The van der Waals surface area contributed by atoms with E-state index in [4.69, 9.17) is 16.7 Å². The van der Waals surface area contributed by atoms with E-state index < -0.39 is 23.4 Å². The van der Waals surface area contributed by atoms with Gasteiger partial charge in [-0.3, -0.25) is 14.8 Å². The van der Waals surface area contributed by atoms with Gasteiger partial charge in [0.15, 0.2) is 0 Å². The number of hydrogen-bond donors (Lipinski definition) is 5. The van der Waals surface area contributed by atoms with Crippen molar-refractivity contribution in [1.82, 2.24) is 10.8 Å². The van der Waals surface area contributed by atoms with Crippen molar-refractivity contribution in [3.8, 4) is 10.4 Å². The fourth-order valence-electron chi connectivity index (χ4n) is 2.16. The van der Waals surface area contributed by atoms with Crippen LogP contribution >= 0.6 is 11.3 Å². The van der Waals surface area contributed by atoms with Gasteiger partial charge in [0, 0.05) is 16.0 Å². The summed E-state index contributed by atoms with van der Waals surface area (Å²) in [6.45, 7) is 3.16. The standard InChI is InChI=1S/C16H20N4O3S/c1-16(2,18)13(15(22)20-23)19-14(21)10-5-3-9(4-6-10)11-7-8-12(17)24-11/h3-8,13,23H,17-18H2,1-2H3,(H,19,21)(H,20,22)/t13-/m1/s1. The molecule has 0 spiro atoms. The molecule has 0 saturated heterocycles. The lowest BCUT2D eigenvalue weighted by Gasteiger charge is -2.29. The zero-order valence-electron chi connectivity index (χ0n) is 13.4. The van der Waals surface area contributed by atoms with Crippen molar-refractivity contribution in [3.63, 3.8) is 0 Å². The molecule has 0 bridgehead atoms. The molecule has 0 aliphatic heterocycles. The number of anilines is 1. The zero-order valence-corrected chi connectivity index (χ0v) is 14.2. The van der Waals surface area contributed by atoms with Gasteiger partial charge in [-0.05, 0) is 43.7 Å². The first-order valence-corrected chi connectivity index (χ1v) is 8.03. The summed E-state index contributed by atoms with van der Waals surface area (Å²) in [6.07, 6.45) is 0. The summed E-state index contributed by atoms with van der Waals surface area (Å²) in [5.74, 6) is -1.24. The van der Waals surface area contributed by atoms with Crippen LogP contribution in [-0.4, -0.2) is 28.6 Å². The van der Waals surface area contributed by atoms with Gasteiger partial charge < -0.3 is 16.8 Å². The summed E-state index contributed by atoms with van der Waals surface area (Å²) in [7, 11) is 0. The number of carbonyl (C=O) groups is 2. The Morgan fingerprint density at radius 3 is 2.25 bits per heavy atom. The molecule has 0 radical (unpaired) electrons. The first-order valence-electron chi connectivity index (χ1n) is 7.22. The number of benzene rings is 1. The first-order chi connectivity index (χ1) is 11.2. The van der Waals surface area contributed by atoms with Crippen molar-refractivity contribution in [2.75, 3.05) is 5.73 Å². The highest BCUT2D eigenvalue weighted by Crippen LogP contribution is 2.29. The van der Waals surface area contributed by atoms with Gasteiger partial charge in [0.05, 0.1) is 5.00 Å². The van der Waals surface area contributed by atoms with Crippen LogP contribution in [0, 0.1) is 0 Å². The molecule has 8 heteroatoms. The second-order valence-electron chi connectivity index (χ2n) is 5.98. The Balaban J connectivity index is 2.16. The number of carbonyl (C=O) groups excluding carboxylic acids is 2. The first kappa shape index (κ1) is 17.9. The lowest BCUT2D eigenvalue weighted by molar-refractivity contribution is -0.132. The number of hydrogen-bond acceptors (Lipinski definition) is 6. The quantitative estimate of drug-likeness (QED) is 0.411. The highest BCUT2D eigenvalue weighted by molar-refractivity contribution is 7.19. The summed E-state index contributed by atoms with van der Waals surface area (Å²) in [4.78, 5) is 25.0. The van der Waals surface area contributed by atoms with Crippen LogP contribution in [0.2, 0.25) is 0 Å². The molecular weight excluding hydrogens is 328 g/mol. The second kappa shape index (κ2) is 7.00. The van der Waals surface area contributed by atoms with Crippen LogP contribution in [-0.2, 0) is 4.79 Å². The molecule has 1 heterocycles. The van der Waals surface area contributed by atoms with Crippen molar-refractivity contribution < 1.29 is 14.8 Å². The minimum absolute atomic E-state index is 0.378. The van der Waals surface area contributed by atoms with Crippen LogP contribution in [0.15, 0.2) is 36.4 Å². The maximum Gasteiger partial charge on any atom is 0.267 e. The van der Waals surface area contributed by atoms with Gasteiger partial charge in [-0.1, -0.05) is 12.1 Å². The third kappa shape index (κ3) is 4.10. The Morgan fingerprint density at radius 1 is 1.17 bits per heavy atom. The maximum atomic E-state index is 12.3. The van der Waals surface area contributed by atoms with Gasteiger partial charge >= 0.3 is 0 Å². The van der Waals surface area contributed by atoms with E-state index in [2.05, 4.69) is 5.32 Å². The predicted octanol–water partition coefficient (Wildman–Crippen LogP) is 1.34. The largest absolute Gasteiger partial charge is 0.391 e. The fraction of sp³-hybridized carbons (Fsp3) is 0.250. The van der Waals surface area contributed by atoms with Crippen LogP contribution in [0.3, 0.4) is 0 Å². The van der Waals surface area contributed by atoms with E-state index in [1.54, 1.807) is 38.1 Å². The molecule has 0 aliphatic rings. The van der Waals surface area contributed by atoms with Gasteiger partial charge in [0.2, 0.25) is 0 Å². The number of hydroxylamine groups is 1. The van der Waals surface area contributed by atoms with Crippen molar-refractivity contribution in [3.05, 3.63) is 42.0 Å². The predicted molar refractivity (Wildman–Crippen MR) is 93.6 cm³/mol. The molecular formula is C16H20N4O3S. The van der Waals surface area contributed by atoms with Crippen molar-refractivity contribution >= 4 is 28.2 Å². The Hall–Kier alpha value is -2.42. The Bertz CT molecular complexity index is 735. The van der Waals surface area contributed by atoms with Gasteiger partial charge in [0.25, 0.3) is 11.8 Å². The van der Waals surface area contributed by atoms with Crippen molar-refractivity contribution in [1.29, 1.82) is 0 Å². The topological polar surface area (TPSA) is 130 Å². The summed E-state index contributed by atoms with van der Waals surface area (Å²) in [5, 5.41) is 12.1. The van der Waals surface area contributed by atoms with Gasteiger partial charge in [-0.2, -0.15) is 0 Å². The van der Waals surface area contributed by atoms with E-state index in [-0.39, 0.29) is 0 Å². The molecule has 7 nitrogen and oxygen atoms in total. The SMILES string of the molecule is CC(C)(N)[C@H](NC(=O)c1ccc(-c2ccc(N)s2)cc1)C(=O)NO. The fourth-order valence-corrected chi connectivity index (χ4v) is 2.94. The monoisotopic (exact) mass is 348 g/mol. The Labute approximate surface area is 143 Å². The normalized spacial score (nSPS) is 12.5. The highest BCUT2D eigenvalue weighted by Gasteiger charge is 2.33. The van der Waals surface area contributed by atoms with Crippen LogP contribution < -0.4 is 22.3 Å². The molecule has 7 N–H and O–H groups in total. The summed E-state index contributed by atoms with van der Waals surface area (Å²) in [6, 6.07) is 9.56. The zero-order chi connectivity index (χ0) is 17.9. The van der Waals surface area contributed by atoms with Crippen LogP contribution in [0.1, 0.15) is 24.2 Å². The summed E-state index contributed by atoms with van der Waals surface area (Å²) < 4.78 is 0. The van der Waals surface area contributed by atoms with E-state index in [1.807, 2.05) is 12.1 Å². The third-order valence-electron chi connectivity index (χ3n) is 3.45. The molecule has 2 rings (SSSR count). The number of nitrogen functional groups attached to an aromatic ring is 1. The molecule has 24 heavy (non-hydrogen) atoms. The number of amides is 2. The molecule has 0 fully saturated rings. The summed E-state index contributed by atoms with van der Waals surface area (Å²) >= 11 is 1.46. The minimum Gasteiger partial charge on any atom is -0.391 e. The number of nitrogens with one attached hydrogen (secondary N) is 2. The van der Waals surface area contributed by atoms with E-state index in [9.17, 15) is 9.59 Å². The lowest BCUT2D eigenvalue weighted by Crippen LogP contribution is -2.61. The van der Waals surface area contributed by atoms with Crippen LogP contribution in [0.4, 0.5) is 5.00 Å². The van der Waals surface area contributed by atoms with Crippen molar-refractivity contribution in [2.24, 2.45) is 5.73 Å². The molecule has 0 aliphatic carbocycles. The molecule has 1 aromatic heterocycles. The average molecular weight is 348 g/mol. The van der Waals surface area contributed by atoms with Gasteiger partial charge in [0.1, 0.15) is 6.04 Å². The molecule has 2 aromatic rings. The van der Waals surface area contributed by atoms with E-state index in [0.717, 1.165) is 15.4 Å². The Morgan fingerprint density at radius 2 is 1.79 bits per heavy atom. The Kier molecular flexibility index (Phi) is 5.23. The third-order valence-corrected chi connectivity index (χ3v) is 4.41. The van der Waals surface area contributed by atoms with Crippen molar-refractivity contribution in [2.45, 2.75) is 25.4 Å². The molecule has 2 amide bonds. The van der Waals surface area contributed by atoms with Gasteiger partial charge in [-0.25, -0.2) is 5.48 Å². The smallest absolute Gasteiger partial charge is 0.267 e. The minimum atomic E-state index is -1.08. The number of rotatable bonds is 5. The molecule has 0 unspecified atom stereocenters. The lowest BCUT2D eigenvalue weighted by atomic mass is 9.95. The maximum absolute atomic E-state index is 12.3. The van der Waals surface area contributed by atoms with E-state index in [0.29, 0.717) is 5.56 Å². The molecule has 128 valence electrons.